The number of aliphatic hydroxyl groups is 1. The smallest absolute Gasteiger partial charge is 0.303 e. The molecule has 0 aromatic rings. The van der Waals surface area contributed by atoms with Crippen molar-refractivity contribution in [2.24, 2.45) is 28.6 Å². The molecule has 3 saturated carbocycles. The molecular weight excluding hydrogens is 296 g/mol. The van der Waals surface area contributed by atoms with E-state index >= 15 is 0 Å². The fraction of sp³-hybridized carbons (Fsp3) is 0.833. The number of rotatable bonds is 3. The van der Waals surface area contributed by atoms with E-state index in [-0.39, 0.29) is 60.1 Å². The number of carbonyl (C=O) groups excluding carboxylic acids is 2. The van der Waals surface area contributed by atoms with Crippen LogP contribution < -0.4 is 0 Å². The van der Waals surface area contributed by atoms with Crippen molar-refractivity contribution in [3.63, 3.8) is 0 Å². The van der Waals surface area contributed by atoms with Gasteiger partial charge in [0.1, 0.15) is 0 Å². The molecule has 0 bridgehead atoms. The maximum absolute atomic E-state index is 12.6. The van der Waals surface area contributed by atoms with Crippen LogP contribution in [-0.4, -0.2) is 33.9 Å². The lowest BCUT2D eigenvalue weighted by Gasteiger charge is -2.54. The minimum Gasteiger partial charge on any atom is -0.481 e. The van der Waals surface area contributed by atoms with Gasteiger partial charge in [0.15, 0.2) is 5.78 Å². The quantitative estimate of drug-likeness (QED) is 0.777. The van der Waals surface area contributed by atoms with Crippen LogP contribution in [0.2, 0.25) is 0 Å². The lowest BCUT2D eigenvalue weighted by Crippen LogP contribution is -2.55. The Kier molecular flexibility index (Phi) is 3.90. The topological polar surface area (TPSA) is 91.7 Å². The van der Waals surface area contributed by atoms with Gasteiger partial charge in [-0.1, -0.05) is 13.8 Å². The zero-order valence-electron chi connectivity index (χ0n) is 13.9. The standard InChI is InChI=1S/C18H26O5/c1-17-7-5-12-10(11(17)3-4-14(17)20)9-13(19)16(23)18(12,2)8-6-15(21)22/h10-12,14,20H,3-9H2,1-2H3,(H,21,22)/t10-,11+,12+,14+,17+,18+/m1/s1. The van der Waals surface area contributed by atoms with Gasteiger partial charge in [-0.05, 0) is 55.3 Å². The van der Waals surface area contributed by atoms with E-state index in [0.717, 1.165) is 25.7 Å². The van der Waals surface area contributed by atoms with Gasteiger partial charge in [0.25, 0.3) is 0 Å². The first-order chi connectivity index (χ1) is 10.7. The summed E-state index contributed by atoms with van der Waals surface area (Å²) >= 11 is 0. The van der Waals surface area contributed by atoms with Gasteiger partial charge in [-0.2, -0.15) is 0 Å². The molecule has 0 saturated heterocycles. The molecule has 5 nitrogen and oxygen atoms in total. The van der Waals surface area contributed by atoms with Gasteiger partial charge in [0.2, 0.25) is 5.78 Å². The summed E-state index contributed by atoms with van der Waals surface area (Å²) in [6.45, 7) is 3.90. The van der Waals surface area contributed by atoms with E-state index in [4.69, 9.17) is 5.11 Å². The van der Waals surface area contributed by atoms with Gasteiger partial charge in [-0.15, -0.1) is 0 Å². The molecule has 0 spiro atoms. The predicted octanol–water partition coefficient (Wildman–Crippen LogP) is 2.20. The number of carboxylic acids is 1. The number of Topliss-reactive ketones (excluding diaryl/α,β-unsaturated/α-hetero) is 2. The molecule has 3 rings (SSSR count). The Balaban J connectivity index is 1.93. The number of aliphatic hydroxyl groups excluding tert-OH is 1. The molecule has 0 unspecified atom stereocenters. The van der Waals surface area contributed by atoms with Crippen LogP contribution in [0.3, 0.4) is 0 Å². The van der Waals surface area contributed by atoms with Crippen LogP contribution in [0.15, 0.2) is 0 Å². The molecule has 0 aliphatic heterocycles. The van der Waals surface area contributed by atoms with Crippen molar-refractivity contribution in [2.75, 3.05) is 0 Å². The molecule has 23 heavy (non-hydrogen) atoms. The van der Waals surface area contributed by atoms with Crippen molar-refractivity contribution >= 4 is 17.5 Å². The third-order valence-corrected chi connectivity index (χ3v) is 7.26. The van der Waals surface area contributed by atoms with E-state index in [9.17, 15) is 19.5 Å². The van der Waals surface area contributed by atoms with Gasteiger partial charge >= 0.3 is 5.97 Å². The van der Waals surface area contributed by atoms with Gasteiger partial charge in [-0.3, -0.25) is 14.4 Å². The molecule has 3 aliphatic carbocycles. The zero-order chi connectivity index (χ0) is 17.0. The minimum atomic E-state index is -0.925. The summed E-state index contributed by atoms with van der Waals surface area (Å²) < 4.78 is 0. The maximum Gasteiger partial charge on any atom is 0.303 e. The molecule has 0 aromatic heterocycles. The maximum atomic E-state index is 12.6. The van der Waals surface area contributed by atoms with Crippen LogP contribution in [0.1, 0.15) is 58.8 Å². The predicted molar refractivity (Wildman–Crippen MR) is 82.7 cm³/mol. The summed E-state index contributed by atoms with van der Waals surface area (Å²) in [6.07, 6.45) is 3.41. The number of carboxylic acid groups (broad SMARTS) is 1. The molecule has 128 valence electrons. The largest absolute Gasteiger partial charge is 0.481 e. The highest BCUT2D eigenvalue weighted by molar-refractivity contribution is 6.39. The number of aliphatic carboxylic acids is 1. The molecule has 5 heteroatoms. The van der Waals surface area contributed by atoms with Gasteiger partial charge in [0.05, 0.1) is 6.10 Å². The number of carbonyl (C=O) groups is 3. The Morgan fingerprint density at radius 2 is 1.87 bits per heavy atom. The number of hydrogen-bond acceptors (Lipinski definition) is 4. The Labute approximate surface area is 136 Å². The van der Waals surface area contributed by atoms with E-state index < -0.39 is 11.4 Å². The van der Waals surface area contributed by atoms with Crippen LogP contribution in [0.25, 0.3) is 0 Å². The molecule has 0 heterocycles. The summed E-state index contributed by atoms with van der Waals surface area (Å²) in [6, 6.07) is 0. The second kappa shape index (κ2) is 5.40. The summed E-state index contributed by atoms with van der Waals surface area (Å²) in [7, 11) is 0. The summed E-state index contributed by atoms with van der Waals surface area (Å²) in [5.74, 6) is -1.21. The Hall–Kier alpha value is -1.23. The lowest BCUT2D eigenvalue weighted by atomic mass is 9.49. The third kappa shape index (κ3) is 2.35. The minimum absolute atomic E-state index is 0.0652. The van der Waals surface area contributed by atoms with Crippen LogP contribution in [0, 0.1) is 28.6 Å². The summed E-state index contributed by atoms with van der Waals surface area (Å²) in [5, 5.41) is 19.4. The van der Waals surface area contributed by atoms with Crippen LogP contribution in [0.5, 0.6) is 0 Å². The number of fused-ring (bicyclic) bond motifs is 3. The van der Waals surface area contributed by atoms with Crippen molar-refractivity contribution in [1.29, 1.82) is 0 Å². The average Bonchev–Trinajstić information content (AvgIpc) is 2.79. The van der Waals surface area contributed by atoms with Gasteiger partial charge in [-0.25, -0.2) is 0 Å². The zero-order valence-corrected chi connectivity index (χ0v) is 13.9. The second-order valence-electron chi connectivity index (χ2n) is 8.28. The van der Waals surface area contributed by atoms with Crippen molar-refractivity contribution in [3.05, 3.63) is 0 Å². The molecule has 6 atom stereocenters. The van der Waals surface area contributed by atoms with Crippen LogP contribution in [0.4, 0.5) is 0 Å². The molecule has 2 N–H and O–H groups in total. The second-order valence-corrected chi connectivity index (χ2v) is 8.28. The first kappa shape index (κ1) is 16.6. The fourth-order valence-electron chi connectivity index (χ4n) is 5.79. The van der Waals surface area contributed by atoms with Crippen LogP contribution in [-0.2, 0) is 14.4 Å². The Morgan fingerprint density at radius 1 is 1.17 bits per heavy atom. The highest BCUT2D eigenvalue weighted by Crippen LogP contribution is 2.62. The van der Waals surface area contributed by atoms with E-state index in [1.165, 1.54) is 0 Å². The van der Waals surface area contributed by atoms with Gasteiger partial charge < -0.3 is 10.2 Å². The van der Waals surface area contributed by atoms with E-state index in [2.05, 4.69) is 6.92 Å². The molecule has 0 amide bonds. The fourth-order valence-corrected chi connectivity index (χ4v) is 5.79. The molecule has 0 radical (unpaired) electrons. The summed E-state index contributed by atoms with van der Waals surface area (Å²) in [5.41, 5.74) is -1.01. The first-order valence-electron chi connectivity index (χ1n) is 8.67. The highest BCUT2D eigenvalue weighted by Gasteiger charge is 2.61. The first-order valence-corrected chi connectivity index (χ1v) is 8.67. The molecular formula is C18H26O5. The summed E-state index contributed by atoms with van der Waals surface area (Å²) in [4.78, 5) is 35.9. The lowest BCUT2D eigenvalue weighted by molar-refractivity contribution is -0.159. The van der Waals surface area contributed by atoms with E-state index in [1.807, 2.05) is 0 Å². The van der Waals surface area contributed by atoms with Crippen molar-refractivity contribution < 1.29 is 24.6 Å². The normalized spacial score (nSPS) is 46.4. The van der Waals surface area contributed by atoms with E-state index in [1.54, 1.807) is 6.92 Å². The van der Waals surface area contributed by atoms with Crippen molar-refractivity contribution in [2.45, 2.75) is 64.9 Å². The number of ketones is 2. The highest BCUT2D eigenvalue weighted by atomic mass is 16.4. The Bertz CT molecular complexity index is 556. The molecule has 0 aromatic carbocycles. The SMILES string of the molecule is C[C@]12CC[C@H]3[C@H](CC(=O)C(=O)[C@@]3(C)CCC(=O)O)[C@@H]1CC[C@@H]2O. The van der Waals surface area contributed by atoms with Crippen molar-refractivity contribution in [3.8, 4) is 0 Å². The van der Waals surface area contributed by atoms with Crippen LogP contribution >= 0.6 is 0 Å². The van der Waals surface area contributed by atoms with Gasteiger partial charge in [0, 0.05) is 18.3 Å². The van der Waals surface area contributed by atoms with Crippen molar-refractivity contribution in [1.82, 2.24) is 0 Å². The molecule has 3 aliphatic rings. The van der Waals surface area contributed by atoms with E-state index in [0.29, 0.717) is 0 Å². The Morgan fingerprint density at radius 3 is 2.52 bits per heavy atom. The average molecular weight is 322 g/mol. The monoisotopic (exact) mass is 322 g/mol. The number of hydrogen-bond donors (Lipinski definition) is 2. The third-order valence-electron chi connectivity index (χ3n) is 7.26. The molecule has 3 fully saturated rings.